The molecule has 0 spiro atoms. The zero-order chi connectivity index (χ0) is 15.5. The third-order valence-electron chi connectivity index (χ3n) is 3.86. The number of rotatable bonds is 6. The van der Waals surface area contributed by atoms with Crippen molar-refractivity contribution in [2.45, 2.75) is 18.9 Å². The topological polar surface area (TPSA) is 57.9 Å². The number of furan rings is 1. The van der Waals surface area contributed by atoms with Crippen LogP contribution in [0.25, 0.3) is 0 Å². The smallest absolute Gasteiger partial charge is 0.310 e. The predicted molar refractivity (Wildman–Crippen MR) is 78.9 cm³/mol. The normalized spacial score (nSPS) is 19.5. The van der Waals surface area contributed by atoms with Gasteiger partial charge in [-0.3, -0.25) is 4.79 Å². The Balaban J connectivity index is 1.60. The Morgan fingerprint density at radius 2 is 2.14 bits per heavy atom. The lowest BCUT2D eigenvalue weighted by Gasteiger charge is -2.11. The third kappa shape index (κ3) is 2.93. The van der Waals surface area contributed by atoms with Crippen LogP contribution >= 0.6 is 0 Å². The average molecular weight is 302 g/mol. The Hall–Kier alpha value is -2.43. The molecule has 5 nitrogen and oxygen atoms in total. The summed E-state index contributed by atoms with van der Waals surface area (Å²) in [5.41, 5.74) is 0.783. The Bertz CT molecular complexity index is 647. The zero-order valence-corrected chi connectivity index (χ0v) is 12.6. The largest absolute Gasteiger partial charge is 0.497 e. The average Bonchev–Trinajstić information content (AvgIpc) is 3.17. The maximum Gasteiger partial charge on any atom is 0.310 e. The van der Waals surface area contributed by atoms with Gasteiger partial charge in [0, 0.05) is 11.5 Å². The molecule has 0 bridgehead atoms. The Morgan fingerprint density at radius 1 is 1.27 bits per heavy atom. The summed E-state index contributed by atoms with van der Waals surface area (Å²) in [6.07, 6.45) is 2.40. The molecule has 116 valence electrons. The molecule has 0 radical (unpaired) electrons. The molecule has 0 unspecified atom stereocenters. The molecule has 22 heavy (non-hydrogen) atoms. The van der Waals surface area contributed by atoms with E-state index in [1.54, 1.807) is 32.6 Å². The predicted octanol–water partition coefficient (Wildman–Crippen LogP) is 3.14. The highest BCUT2D eigenvalue weighted by Crippen LogP contribution is 2.48. The van der Waals surface area contributed by atoms with Gasteiger partial charge in [-0.05, 0) is 36.8 Å². The number of hydrogen-bond acceptors (Lipinski definition) is 5. The van der Waals surface area contributed by atoms with Crippen molar-refractivity contribution in [3.05, 3.63) is 47.9 Å². The summed E-state index contributed by atoms with van der Waals surface area (Å²) >= 11 is 0. The SMILES string of the molecule is COc1ccc(OC)c(COC(=O)[C@@H]2C[C@H]2c2ccco2)c1. The molecule has 2 atom stereocenters. The summed E-state index contributed by atoms with van der Waals surface area (Å²) in [7, 11) is 3.18. The van der Waals surface area contributed by atoms with Crippen LogP contribution in [-0.2, 0) is 16.1 Å². The molecule has 1 heterocycles. The van der Waals surface area contributed by atoms with Crippen molar-refractivity contribution in [3.63, 3.8) is 0 Å². The molecular formula is C17H18O5. The summed E-state index contributed by atoms with van der Waals surface area (Å²) in [6.45, 7) is 0.167. The molecule has 1 aromatic carbocycles. The van der Waals surface area contributed by atoms with E-state index in [9.17, 15) is 4.79 Å². The van der Waals surface area contributed by atoms with Gasteiger partial charge in [-0.2, -0.15) is 0 Å². The molecule has 1 saturated carbocycles. The standard InChI is InChI=1S/C17H18O5/c1-19-12-5-6-15(20-2)11(8-12)10-22-17(18)14-9-13(14)16-4-3-7-21-16/h3-8,13-14H,9-10H2,1-2H3/t13-,14-/m1/s1. The first kappa shape index (κ1) is 14.5. The molecule has 1 aliphatic rings. The van der Waals surface area contributed by atoms with Gasteiger partial charge in [0.05, 0.1) is 26.4 Å². The zero-order valence-electron chi connectivity index (χ0n) is 12.6. The molecule has 0 N–H and O–H groups in total. The van der Waals surface area contributed by atoms with Gasteiger partial charge in [0.25, 0.3) is 0 Å². The highest BCUT2D eigenvalue weighted by atomic mass is 16.5. The van der Waals surface area contributed by atoms with Crippen LogP contribution in [0.1, 0.15) is 23.7 Å². The van der Waals surface area contributed by atoms with E-state index in [1.165, 1.54) is 0 Å². The van der Waals surface area contributed by atoms with E-state index in [1.807, 2.05) is 18.2 Å². The Kier molecular flexibility index (Phi) is 4.04. The van der Waals surface area contributed by atoms with Gasteiger partial charge in [-0.1, -0.05) is 0 Å². The van der Waals surface area contributed by atoms with E-state index in [4.69, 9.17) is 18.6 Å². The number of benzene rings is 1. The van der Waals surface area contributed by atoms with Crippen molar-refractivity contribution in [1.29, 1.82) is 0 Å². The van der Waals surface area contributed by atoms with Crippen molar-refractivity contribution < 1.29 is 23.4 Å². The monoisotopic (exact) mass is 302 g/mol. The van der Waals surface area contributed by atoms with Crippen molar-refractivity contribution in [2.75, 3.05) is 14.2 Å². The first-order valence-corrected chi connectivity index (χ1v) is 7.14. The van der Waals surface area contributed by atoms with Crippen LogP contribution in [0.4, 0.5) is 0 Å². The summed E-state index contributed by atoms with van der Waals surface area (Å²) in [5.74, 6) is 2.06. The molecule has 1 fully saturated rings. The van der Waals surface area contributed by atoms with Crippen LogP contribution in [0.15, 0.2) is 41.0 Å². The third-order valence-corrected chi connectivity index (χ3v) is 3.86. The van der Waals surface area contributed by atoms with E-state index in [0.29, 0.717) is 11.5 Å². The van der Waals surface area contributed by atoms with Gasteiger partial charge in [-0.25, -0.2) is 0 Å². The lowest BCUT2D eigenvalue weighted by atomic mass is 10.2. The number of methoxy groups -OCH3 is 2. The molecule has 1 aromatic heterocycles. The second-order valence-electron chi connectivity index (χ2n) is 5.25. The van der Waals surface area contributed by atoms with Gasteiger partial charge in [0.1, 0.15) is 23.9 Å². The van der Waals surface area contributed by atoms with Gasteiger partial charge in [0.15, 0.2) is 0 Å². The number of carbonyl (C=O) groups excluding carboxylic acids is 1. The lowest BCUT2D eigenvalue weighted by molar-refractivity contribution is -0.146. The Labute approximate surface area is 128 Å². The first-order valence-electron chi connectivity index (χ1n) is 7.14. The molecule has 2 aromatic rings. The Morgan fingerprint density at radius 3 is 2.82 bits per heavy atom. The minimum Gasteiger partial charge on any atom is -0.497 e. The number of ether oxygens (including phenoxy) is 3. The maximum atomic E-state index is 12.1. The quantitative estimate of drug-likeness (QED) is 0.767. The summed E-state index contributed by atoms with van der Waals surface area (Å²) in [6, 6.07) is 9.13. The van der Waals surface area contributed by atoms with Crippen molar-refractivity contribution >= 4 is 5.97 Å². The molecule has 0 amide bonds. The van der Waals surface area contributed by atoms with Crippen LogP contribution in [0.3, 0.4) is 0 Å². The van der Waals surface area contributed by atoms with Gasteiger partial charge >= 0.3 is 5.97 Å². The van der Waals surface area contributed by atoms with Gasteiger partial charge < -0.3 is 18.6 Å². The van der Waals surface area contributed by atoms with Crippen molar-refractivity contribution in [3.8, 4) is 11.5 Å². The fraction of sp³-hybridized carbons (Fsp3) is 0.353. The fourth-order valence-electron chi connectivity index (χ4n) is 2.52. The number of esters is 1. The summed E-state index contributed by atoms with van der Waals surface area (Å²) in [4.78, 5) is 12.1. The van der Waals surface area contributed by atoms with Crippen molar-refractivity contribution in [1.82, 2.24) is 0 Å². The second kappa shape index (κ2) is 6.13. The van der Waals surface area contributed by atoms with E-state index in [0.717, 1.165) is 17.7 Å². The van der Waals surface area contributed by atoms with Gasteiger partial charge in [0.2, 0.25) is 0 Å². The van der Waals surface area contributed by atoms with Crippen LogP contribution in [0.5, 0.6) is 11.5 Å². The number of hydrogen-bond donors (Lipinski definition) is 0. The highest BCUT2D eigenvalue weighted by Gasteiger charge is 2.47. The summed E-state index contributed by atoms with van der Waals surface area (Å²) in [5, 5.41) is 0. The minimum absolute atomic E-state index is 0.109. The molecule has 1 aliphatic carbocycles. The molecule has 0 aliphatic heterocycles. The van der Waals surface area contributed by atoms with Crippen LogP contribution in [0.2, 0.25) is 0 Å². The van der Waals surface area contributed by atoms with Crippen LogP contribution in [-0.4, -0.2) is 20.2 Å². The molecular weight excluding hydrogens is 284 g/mol. The lowest BCUT2D eigenvalue weighted by Crippen LogP contribution is -2.08. The first-order chi connectivity index (χ1) is 10.7. The fourth-order valence-corrected chi connectivity index (χ4v) is 2.52. The van der Waals surface area contributed by atoms with Crippen molar-refractivity contribution in [2.24, 2.45) is 5.92 Å². The molecule has 5 heteroatoms. The molecule has 3 rings (SSSR count). The van der Waals surface area contributed by atoms with E-state index in [2.05, 4.69) is 0 Å². The highest BCUT2D eigenvalue weighted by molar-refractivity contribution is 5.77. The number of carbonyl (C=O) groups is 1. The second-order valence-corrected chi connectivity index (χ2v) is 5.25. The van der Waals surface area contributed by atoms with Crippen LogP contribution in [0, 0.1) is 5.92 Å². The van der Waals surface area contributed by atoms with Gasteiger partial charge in [-0.15, -0.1) is 0 Å². The van der Waals surface area contributed by atoms with E-state index >= 15 is 0 Å². The minimum atomic E-state index is -0.203. The summed E-state index contributed by atoms with van der Waals surface area (Å²) < 4.78 is 21.2. The van der Waals surface area contributed by atoms with E-state index < -0.39 is 0 Å². The maximum absolute atomic E-state index is 12.1. The van der Waals surface area contributed by atoms with E-state index in [-0.39, 0.29) is 24.4 Å². The van der Waals surface area contributed by atoms with Crippen LogP contribution < -0.4 is 9.47 Å². The molecule has 0 saturated heterocycles.